The molecule has 1 N–H and O–H groups in total. The fourth-order valence-corrected chi connectivity index (χ4v) is 6.07. The van der Waals surface area contributed by atoms with Crippen LogP contribution in [0, 0.1) is 19.7 Å². The summed E-state index contributed by atoms with van der Waals surface area (Å²) in [6, 6.07) is 22.0. The Balaban J connectivity index is 1.57. The topological polar surface area (TPSA) is 49.4 Å². The minimum atomic E-state index is -0.730. The van der Waals surface area contributed by atoms with Gasteiger partial charge in [0.2, 0.25) is 11.8 Å². The van der Waals surface area contributed by atoms with Crippen LogP contribution < -0.4 is 5.32 Å². The average Bonchev–Trinajstić information content (AvgIpc) is 3.40. The molecule has 38 heavy (non-hydrogen) atoms. The van der Waals surface area contributed by atoms with E-state index in [1.54, 1.807) is 23.1 Å². The van der Waals surface area contributed by atoms with Crippen molar-refractivity contribution in [3.05, 3.63) is 106 Å². The number of nitrogens with one attached hydrogen (secondary N) is 1. The summed E-state index contributed by atoms with van der Waals surface area (Å²) in [7, 11) is 0. The number of aryl methyl sites for hydroxylation is 2. The second-order valence-corrected chi connectivity index (χ2v) is 11.3. The Hall–Kier alpha value is -3.12. The molecule has 1 aliphatic rings. The van der Waals surface area contributed by atoms with Crippen LogP contribution >= 0.6 is 11.8 Å². The van der Waals surface area contributed by atoms with Gasteiger partial charge in [-0.1, -0.05) is 90.7 Å². The Morgan fingerprint density at radius 1 is 0.947 bits per heavy atom. The molecule has 0 aromatic heterocycles. The lowest BCUT2D eigenvalue weighted by Crippen LogP contribution is -2.52. The van der Waals surface area contributed by atoms with E-state index < -0.39 is 6.04 Å². The van der Waals surface area contributed by atoms with Gasteiger partial charge in [-0.25, -0.2) is 4.39 Å². The summed E-state index contributed by atoms with van der Waals surface area (Å²) in [6.45, 7) is 4.18. The summed E-state index contributed by atoms with van der Waals surface area (Å²) in [5, 5.41) is 3.20. The van der Waals surface area contributed by atoms with E-state index >= 15 is 0 Å². The van der Waals surface area contributed by atoms with Gasteiger partial charge in [0.1, 0.15) is 11.9 Å². The largest absolute Gasteiger partial charge is 0.352 e. The van der Waals surface area contributed by atoms with E-state index in [2.05, 4.69) is 37.4 Å². The molecule has 200 valence electrons. The van der Waals surface area contributed by atoms with Gasteiger partial charge in [-0.15, -0.1) is 11.8 Å². The third kappa shape index (κ3) is 7.94. The van der Waals surface area contributed by atoms with Gasteiger partial charge in [-0.3, -0.25) is 9.59 Å². The third-order valence-corrected chi connectivity index (χ3v) is 8.04. The second kappa shape index (κ2) is 13.6. The number of hydrogen-bond donors (Lipinski definition) is 1. The first-order chi connectivity index (χ1) is 18.4. The van der Waals surface area contributed by atoms with Gasteiger partial charge >= 0.3 is 0 Å². The molecular weight excluding hydrogens is 495 g/mol. The van der Waals surface area contributed by atoms with Crippen LogP contribution in [0.25, 0.3) is 0 Å². The van der Waals surface area contributed by atoms with E-state index in [0.29, 0.717) is 17.7 Å². The molecule has 0 heterocycles. The molecule has 1 unspecified atom stereocenters. The molecule has 6 heteroatoms. The molecule has 0 aliphatic heterocycles. The SMILES string of the molecule is Cc1cc(C)cc(CSCC(=O)N(Cc2ccccc2F)C(Cc2ccccc2)C(=O)NC2CCCC2)c1. The maximum atomic E-state index is 14.7. The van der Waals surface area contributed by atoms with E-state index in [9.17, 15) is 14.0 Å². The van der Waals surface area contributed by atoms with E-state index in [0.717, 1.165) is 31.2 Å². The smallest absolute Gasteiger partial charge is 0.243 e. The van der Waals surface area contributed by atoms with Crippen molar-refractivity contribution in [3.8, 4) is 0 Å². The number of amides is 2. The highest BCUT2D eigenvalue weighted by atomic mass is 32.2. The zero-order chi connectivity index (χ0) is 26.9. The summed E-state index contributed by atoms with van der Waals surface area (Å²) < 4.78 is 14.7. The summed E-state index contributed by atoms with van der Waals surface area (Å²) in [5.74, 6) is 0.209. The minimum absolute atomic E-state index is 0.0468. The van der Waals surface area contributed by atoms with E-state index in [1.807, 2.05) is 30.3 Å². The van der Waals surface area contributed by atoms with Crippen molar-refractivity contribution in [3.63, 3.8) is 0 Å². The molecule has 4 rings (SSSR count). The molecule has 1 saturated carbocycles. The van der Waals surface area contributed by atoms with Gasteiger partial charge in [-0.05, 0) is 43.9 Å². The summed E-state index contributed by atoms with van der Waals surface area (Å²) in [4.78, 5) is 29.0. The Morgan fingerprint density at radius 3 is 2.29 bits per heavy atom. The Labute approximate surface area is 230 Å². The van der Waals surface area contributed by atoms with E-state index in [-0.39, 0.29) is 36.0 Å². The monoisotopic (exact) mass is 532 g/mol. The van der Waals surface area contributed by atoms with Crippen LogP contribution in [-0.4, -0.2) is 34.6 Å². The minimum Gasteiger partial charge on any atom is -0.352 e. The number of halogens is 1. The number of nitrogens with zero attached hydrogens (tertiary/aromatic N) is 1. The number of carbonyl (C=O) groups is 2. The average molecular weight is 533 g/mol. The van der Waals surface area contributed by atoms with Gasteiger partial charge < -0.3 is 10.2 Å². The zero-order valence-corrected chi connectivity index (χ0v) is 23.1. The first-order valence-corrected chi connectivity index (χ1v) is 14.6. The molecule has 1 atom stereocenters. The molecule has 1 aliphatic carbocycles. The van der Waals surface area contributed by atoms with Crippen molar-refractivity contribution in [2.45, 2.75) is 70.3 Å². The van der Waals surface area contributed by atoms with Crippen LogP contribution in [0.3, 0.4) is 0 Å². The second-order valence-electron chi connectivity index (χ2n) is 10.3. The molecule has 1 fully saturated rings. The Morgan fingerprint density at radius 2 is 1.61 bits per heavy atom. The quantitative estimate of drug-likeness (QED) is 0.312. The van der Waals surface area contributed by atoms with Gasteiger partial charge in [0.05, 0.1) is 5.75 Å². The van der Waals surface area contributed by atoms with Crippen LogP contribution in [0.2, 0.25) is 0 Å². The zero-order valence-electron chi connectivity index (χ0n) is 22.3. The third-order valence-electron chi connectivity index (χ3n) is 7.05. The lowest BCUT2D eigenvalue weighted by molar-refractivity contribution is -0.139. The summed E-state index contributed by atoms with van der Waals surface area (Å²) in [6.07, 6.45) is 4.48. The van der Waals surface area contributed by atoms with Crippen LogP contribution in [-0.2, 0) is 28.3 Å². The van der Waals surface area contributed by atoms with Crippen LogP contribution in [0.15, 0.2) is 72.8 Å². The lowest BCUT2D eigenvalue weighted by Gasteiger charge is -2.32. The van der Waals surface area contributed by atoms with Crippen molar-refractivity contribution in [2.24, 2.45) is 0 Å². The number of thioether (sulfide) groups is 1. The van der Waals surface area contributed by atoms with Crippen molar-refractivity contribution in [2.75, 3.05) is 5.75 Å². The fraction of sp³-hybridized carbons (Fsp3) is 0.375. The predicted molar refractivity (Wildman–Crippen MR) is 153 cm³/mol. The molecule has 2 amide bonds. The van der Waals surface area contributed by atoms with E-state index in [1.165, 1.54) is 34.5 Å². The molecule has 0 spiro atoms. The number of carbonyl (C=O) groups excluding carboxylic acids is 2. The van der Waals surface area contributed by atoms with Gasteiger partial charge in [0.15, 0.2) is 0 Å². The van der Waals surface area contributed by atoms with Crippen LogP contribution in [0.4, 0.5) is 4.39 Å². The van der Waals surface area contributed by atoms with Crippen molar-refractivity contribution >= 4 is 23.6 Å². The maximum absolute atomic E-state index is 14.7. The molecule has 0 bridgehead atoms. The Kier molecular flexibility index (Phi) is 9.99. The fourth-order valence-electron chi connectivity index (χ4n) is 5.22. The number of benzene rings is 3. The first kappa shape index (κ1) is 27.9. The van der Waals surface area contributed by atoms with Crippen LogP contribution in [0.1, 0.15) is 53.5 Å². The van der Waals surface area contributed by atoms with Gasteiger partial charge in [-0.2, -0.15) is 0 Å². The first-order valence-electron chi connectivity index (χ1n) is 13.4. The molecule has 3 aromatic rings. The molecule has 4 nitrogen and oxygen atoms in total. The van der Waals surface area contributed by atoms with Crippen molar-refractivity contribution in [1.29, 1.82) is 0 Å². The molecular formula is C32H37FN2O2S. The molecule has 3 aromatic carbocycles. The Bertz CT molecular complexity index is 1210. The number of rotatable bonds is 11. The van der Waals surface area contributed by atoms with Gasteiger partial charge in [0, 0.05) is 30.3 Å². The summed E-state index contributed by atoms with van der Waals surface area (Å²) >= 11 is 1.53. The maximum Gasteiger partial charge on any atom is 0.243 e. The highest BCUT2D eigenvalue weighted by molar-refractivity contribution is 7.99. The van der Waals surface area contributed by atoms with Crippen molar-refractivity contribution < 1.29 is 14.0 Å². The highest BCUT2D eigenvalue weighted by Gasteiger charge is 2.32. The summed E-state index contributed by atoms with van der Waals surface area (Å²) in [5.41, 5.74) is 4.93. The van der Waals surface area contributed by atoms with E-state index in [4.69, 9.17) is 0 Å². The molecule has 0 radical (unpaired) electrons. The van der Waals surface area contributed by atoms with Gasteiger partial charge in [0.25, 0.3) is 0 Å². The number of hydrogen-bond acceptors (Lipinski definition) is 3. The predicted octanol–water partition coefficient (Wildman–Crippen LogP) is 6.37. The van der Waals surface area contributed by atoms with Crippen LogP contribution in [0.5, 0.6) is 0 Å². The highest BCUT2D eigenvalue weighted by Crippen LogP contribution is 2.22. The normalized spacial score (nSPS) is 14.3. The lowest BCUT2D eigenvalue weighted by atomic mass is 10.0. The molecule has 0 saturated heterocycles. The standard InChI is InChI=1S/C32H37FN2O2S/c1-23-16-24(2)18-26(17-23)21-38-22-31(36)35(20-27-12-6-9-15-29(27)33)30(19-25-10-4-3-5-11-25)32(37)34-28-13-7-8-14-28/h3-6,9-12,15-18,28,30H,7-8,13-14,19-22H2,1-2H3,(H,34,37). The van der Waals surface area contributed by atoms with Crippen molar-refractivity contribution in [1.82, 2.24) is 10.2 Å².